The van der Waals surface area contributed by atoms with Crippen molar-refractivity contribution in [2.24, 2.45) is 5.41 Å². The Labute approximate surface area is 107 Å². The Bertz CT molecular complexity index is 226. The van der Waals surface area contributed by atoms with Gasteiger partial charge in [-0.25, -0.2) is 0 Å². The number of nitrogens with zero attached hydrogens (tertiary/aromatic N) is 2. The third-order valence-corrected chi connectivity index (χ3v) is 3.49. The van der Waals surface area contributed by atoms with Crippen LogP contribution in [0.25, 0.3) is 0 Å². The summed E-state index contributed by atoms with van der Waals surface area (Å²) in [5, 5.41) is 0. The molecule has 0 aromatic rings. The van der Waals surface area contributed by atoms with Gasteiger partial charge in [0.2, 0.25) is 5.91 Å². The molecule has 0 saturated carbocycles. The molecule has 17 heavy (non-hydrogen) atoms. The zero-order valence-electron chi connectivity index (χ0n) is 12.5. The molecular formula is C14H30N2O. The summed E-state index contributed by atoms with van der Waals surface area (Å²) in [6.07, 6.45) is 3.34. The van der Waals surface area contributed by atoms with Crippen LogP contribution in [0.3, 0.4) is 0 Å². The van der Waals surface area contributed by atoms with Crippen molar-refractivity contribution in [1.82, 2.24) is 9.80 Å². The number of piperidine rings is 1. The van der Waals surface area contributed by atoms with E-state index in [-0.39, 0.29) is 5.41 Å². The summed E-state index contributed by atoms with van der Waals surface area (Å²) in [6.45, 7) is 11.1. The van der Waals surface area contributed by atoms with Crippen LogP contribution in [0.4, 0.5) is 0 Å². The minimum atomic E-state index is -0.0122. The van der Waals surface area contributed by atoms with E-state index in [0.29, 0.717) is 5.91 Å². The fourth-order valence-electron chi connectivity index (χ4n) is 2.74. The Morgan fingerprint density at radius 2 is 1.59 bits per heavy atom. The van der Waals surface area contributed by atoms with Crippen LogP contribution in [-0.4, -0.2) is 49.4 Å². The van der Waals surface area contributed by atoms with Crippen molar-refractivity contribution in [3.8, 4) is 0 Å². The fourth-order valence-corrected chi connectivity index (χ4v) is 2.74. The Morgan fingerprint density at radius 1 is 1.00 bits per heavy atom. The largest absolute Gasteiger partial charge is 0.345 e. The Kier molecular flexibility index (Phi) is 7.44. The summed E-state index contributed by atoms with van der Waals surface area (Å²) in [6, 6.07) is 0. The van der Waals surface area contributed by atoms with Crippen molar-refractivity contribution in [2.45, 2.75) is 47.0 Å². The summed E-state index contributed by atoms with van der Waals surface area (Å²) < 4.78 is 0. The molecule has 2 heterocycles. The highest BCUT2D eigenvalue weighted by Gasteiger charge is 2.46. The molecule has 2 aliphatic rings. The predicted octanol–water partition coefficient (Wildman–Crippen LogP) is 2.61. The van der Waals surface area contributed by atoms with Gasteiger partial charge in [0, 0.05) is 20.1 Å². The summed E-state index contributed by atoms with van der Waals surface area (Å²) in [4.78, 5) is 16.1. The van der Waals surface area contributed by atoms with Gasteiger partial charge in [-0.05, 0) is 32.9 Å². The molecule has 0 aliphatic carbocycles. The van der Waals surface area contributed by atoms with Gasteiger partial charge in [0.05, 0.1) is 5.41 Å². The second-order valence-corrected chi connectivity index (χ2v) is 4.60. The number of likely N-dealkylation sites (tertiary alicyclic amines) is 2. The molecule has 1 spiro atoms. The molecule has 0 bridgehead atoms. The Balaban J connectivity index is 0.000000581. The van der Waals surface area contributed by atoms with Gasteiger partial charge in [-0.2, -0.15) is 0 Å². The summed E-state index contributed by atoms with van der Waals surface area (Å²) in [7, 11) is 4.04. The lowest BCUT2D eigenvalue weighted by molar-refractivity contribution is -0.137. The van der Waals surface area contributed by atoms with E-state index in [9.17, 15) is 4.79 Å². The predicted molar refractivity (Wildman–Crippen MR) is 74.1 cm³/mol. The SMILES string of the molecule is CC.CC.CN1CCC[C@]2(CCN(C)C2=O)C1. The fraction of sp³-hybridized carbons (Fsp3) is 0.929. The highest BCUT2D eigenvalue weighted by Crippen LogP contribution is 2.38. The monoisotopic (exact) mass is 242 g/mol. The highest BCUT2D eigenvalue weighted by molar-refractivity contribution is 5.85. The summed E-state index contributed by atoms with van der Waals surface area (Å²) >= 11 is 0. The van der Waals surface area contributed by atoms with Gasteiger partial charge in [0.15, 0.2) is 0 Å². The molecule has 1 amide bonds. The highest BCUT2D eigenvalue weighted by atomic mass is 16.2. The quantitative estimate of drug-likeness (QED) is 0.652. The molecule has 2 saturated heterocycles. The van der Waals surface area contributed by atoms with Gasteiger partial charge < -0.3 is 9.80 Å². The lowest BCUT2D eigenvalue weighted by Crippen LogP contribution is -2.45. The first-order chi connectivity index (χ1) is 8.14. The van der Waals surface area contributed by atoms with Crippen LogP contribution in [0.15, 0.2) is 0 Å². The summed E-state index contributed by atoms with van der Waals surface area (Å²) in [5.41, 5.74) is -0.0122. The smallest absolute Gasteiger partial charge is 0.229 e. The molecule has 0 aromatic heterocycles. The van der Waals surface area contributed by atoms with Crippen molar-refractivity contribution in [1.29, 1.82) is 0 Å². The van der Waals surface area contributed by atoms with Gasteiger partial charge in [-0.1, -0.05) is 27.7 Å². The number of rotatable bonds is 0. The van der Waals surface area contributed by atoms with E-state index >= 15 is 0 Å². The molecule has 0 unspecified atom stereocenters. The van der Waals surface area contributed by atoms with E-state index < -0.39 is 0 Å². The van der Waals surface area contributed by atoms with Crippen LogP contribution in [0, 0.1) is 5.41 Å². The molecule has 1 atom stereocenters. The third-order valence-electron chi connectivity index (χ3n) is 3.49. The first-order valence-corrected chi connectivity index (χ1v) is 7.08. The van der Waals surface area contributed by atoms with E-state index in [1.54, 1.807) is 0 Å². The Hall–Kier alpha value is -0.570. The maximum atomic E-state index is 11.9. The average molecular weight is 242 g/mol. The molecule has 2 rings (SSSR count). The first-order valence-electron chi connectivity index (χ1n) is 7.08. The third kappa shape index (κ3) is 3.70. The topological polar surface area (TPSA) is 23.6 Å². The first kappa shape index (κ1) is 16.4. The molecule has 102 valence electrons. The van der Waals surface area contributed by atoms with Crippen molar-refractivity contribution >= 4 is 5.91 Å². The van der Waals surface area contributed by atoms with Gasteiger partial charge in [0.1, 0.15) is 0 Å². The van der Waals surface area contributed by atoms with Crippen LogP contribution in [-0.2, 0) is 4.79 Å². The van der Waals surface area contributed by atoms with E-state index in [1.165, 1.54) is 6.42 Å². The molecule has 3 heteroatoms. The standard InChI is InChI=1S/C10H18N2O.2C2H6/c1-11-6-3-4-10(8-11)5-7-12(2)9(10)13;2*1-2/h3-8H2,1-2H3;2*1-2H3/t10-;;/m0../s1. The Morgan fingerprint density at radius 3 is 2.00 bits per heavy atom. The maximum Gasteiger partial charge on any atom is 0.229 e. The van der Waals surface area contributed by atoms with Crippen molar-refractivity contribution < 1.29 is 4.79 Å². The van der Waals surface area contributed by atoms with E-state index in [2.05, 4.69) is 11.9 Å². The van der Waals surface area contributed by atoms with Gasteiger partial charge in [0.25, 0.3) is 0 Å². The number of carbonyl (C=O) groups is 1. The second kappa shape index (κ2) is 7.70. The number of hydrogen-bond donors (Lipinski definition) is 0. The second-order valence-electron chi connectivity index (χ2n) is 4.60. The van der Waals surface area contributed by atoms with Crippen LogP contribution in [0.2, 0.25) is 0 Å². The minimum Gasteiger partial charge on any atom is -0.345 e. The van der Waals surface area contributed by atoms with E-state index in [1.807, 2.05) is 39.6 Å². The van der Waals surface area contributed by atoms with E-state index in [0.717, 1.165) is 32.5 Å². The zero-order valence-corrected chi connectivity index (χ0v) is 12.5. The minimum absolute atomic E-state index is 0.0122. The normalized spacial score (nSPS) is 28.4. The van der Waals surface area contributed by atoms with Crippen LogP contribution in [0.5, 0.6) is 0 Å². The molecular weight excluding hydrogens is 212 g/mol. The van der Waals surface area contributed by atoms with E-state index in [4.69, 9.17) is 0 Å². The zero-order chi connectivity index (χ0) is 13.5. The average Bonchev–Trinajstić information content (AvgIpc) is 2.63. The van der Waals surface area contributed by atoms with Crippen molar-refractivity contribution in [2.75, 3.05) is 33.7 Å². The molecule has 0 radical (unpaired) electrons. The molecule has 2 fully saturated rings. The molecule has 0 N–H and O–H groups in total. The van der Waals surface area contributed by atoms with Crippen molar-refractivity contribution in [3.63, 3.8) is 0 Å². The van der Waals surface area contributed by atoms with Gasteiger partial charge in [-0.3, -0.25) is 4.79 Å². The number of carbonyl (C=O) groups excluding carboxylic acids is 1. The lowest BCUT2D eigenvalue weighted by Gasteiger charge is -2.36. The summed E-state index contributed by atoms with van der Waals surface area (Å²) in [5.74, 6) is 0.374. The lowest BCUT2D eigenvalue weighted by atomic mass is 9.79. The molecule has 0 aromatic carbocycles. The number of hydrogen-bond acceptors (Lipinski definition) is 2. The molecule has 3 nitrogen and oxygen atoms in total. The van der Waals surface area contributed by atoms with Crippen molar-refractivity contribution in [3.05, 3.63) is 0 Å². The maximum absolute atomic E-state index is 11.9. The van der Waals surface area contributed by atoms with Crippen LogP contribution >= 0.6 is 0 Å². The van der Waals surface area contributed by atoms with Crippen LogP contribution < -0.4 is 0 Å². The van der Waals surface area contributed by atoms with Crippen LogP contribution in [0.1, 0.15) is 47.0 Å². The van der Waals surface area contributed by atoms with Gasteiger partial charge >= 0.3 is 0 Å². The molecule has 2 aliphatic heterocycles. The van der Waals surface area contributed by atoms with Gasteiger partial charge in [-0.15, -0.1) is 0 Å². The number of amides is 1.